The molecule has 0 radical (unpaired) electrons. The molecule has 0 aliphatic carbocycles. The number of rotatable bonds is 3. The molecule has 1 heterocycles. The number of hydrogen-bond donors (Lipinski definition) is 2. The largest absolute Gasteiger partial charge is 0.389 e. The number of anilines is 2. The van der Waals surface area contributed by atoms with Crippen LogP contribution in [0, 0.1) is 12.7 Å². The molecular weight excluding hydrogens is 249 g/mol. The van der Waals surface area contributed by atoms with Crippen molar-refractivity contribution in [2.75, 3.05) is 5.32 Å². The van der Waals surface area contributed by atoms with E-state index in [1.807, 2.05) is 19.1 Å². The molecule has 0 amide bonds. The number of pyridine rings is 1. The maximum Gasteiger partial charge on any atom is 0.147 e. The predicted octanol–water partition coefficient (Wildman–Crippen LogP) is 2.91. The van der Waals surface area contributed by atoms with E-state index in [-0.39, 0.29) is 4.99 Å². The molecule has 1 aromatic carbocycles. The molecule has 0 bridgehead atoms. The first kappa shape index (κ1) is 12.4. The van der Waals surface area contributed by atoms with Gasteiger partial charge in [-0.15, -0.1) is 0 Å². The van der Waals surface area contributed by atoms with Crippen LogP contribution in [0.3, 0.4) is 0 Å². The van der Waals surface area contributed by atoms with Gasteiger partial charge < -0.3 is 11.1 Å². The lowest BCUT2D eigenvalue weighted by Gasteiger charge is -2.08. The summed E-state index contributed by atoms with van der Waals surface area (Å²) in [5.41, 5.74) is 7.94. The summed E-state index contributed by atoms with van der Waals surface area (Å²) in [5.74, 6) is -0.402. The Labute approximate surface area is 110 Å². The normalized spacial score (nSPS) is 10.1. The number of nitrogens with zero attached hydrogens (tertiary/aromatic N) is 1. The van der Waals surface area contributed by atoms with Crippen LogP contribution < -0.4 is 11.1 Å². The summed E-state index contributed by atoms with van der Waals surface area (Å²) in [7, 11) is 0. The molecule has 0 atom stereocenters. The lowest BCUT2D eigenvalue weighted by atomic mass is 10.2. The first-order valence-corrected chi connectivity index (χ1v) is 5.76. The summed E-state index contributed by atoms with van der Waals surface area (Å²) in [6.45, 7) is 1.89. The lowest BCUT2D eigenvalue weighted by Crippen LogP contribution is -2.09. The van der Waals surface area contributed by atoms with Crippen LogP contribution in [0.15, 0.2) is 36.5 Å². The van der Waals surface area contributed by atoms with Crippen molar-refractivity contribution >= 4 is 28.6 Å². The van der Waals surface area contributed by atoms with Gasteiger partial charge in [0.1, 0.15) is 10.8 Å². The molecule has 0 aliphatic heterocycles. The zero-order valence-electron chi connectivity index (χ0n) is 9.77. The zero-order chi connectivity index (χ0) is 13.1. The molecule has 2 aromatic rings. The highest BCUT2D eigenvalue weighted by Crippen LogP contribution is 2.20. The predicted molar refractivity (Wildman–Crippen MR) is 74.5 cm³/mol. The Morgan fingerprint density at radius 3 is 2.67 bits per heavy atom. The molecule has 2 rings (SSSR count). The molecular formula is C13H12FN3S. The van der Waals surface area contributed by atoms with Gasteiger partial charge in [0.05, 0.1) is 17.6 Å². The smallest absolute Gasteiger partial charge is 0.147 e. The summed E-state index contributed by atoms with van der Waals surface area (Å²) in [6.07, 6.45) is 1.65. The molecule has 1 aromatic heterocycles. The van der Waals surface area contributed by atoms with E-state index >= 15 is 0 Å². The van der Waals surface area contributed by atoms with Gasteiger partial charge in [0, 0.05) is 11.3 Å². The first-order chi connectivity index (χ1) is 8.56. The topological polar surface area (TPSA) is 50.9 Å². The van der Waals surface area contributed by atoms with Crippen LogP contribution in [0.2, 0.25) is 0 Å². The Kier molecular flexibility index (Phi) is 3.53. The number of nitrogens with two attached hydrogens (primary N) is 1. The van der Waals surface area contributed by atoms with E-state index in [1.165, 1.54) is 6.07 Å². The molecule has 0 spiro atoms. The molecule has 0 aliphatic rings. The minimum Gasteiger partial charge on any atom is -0.389 e. The van der Waals surface area contributed by atoms with Crippen molar-refractivity contribution < 1.29 is 4.39 Å². The quantitative estimate of drug-likeness (QED) is 0.834. The average molecular weight is 261 g/mol. The molecule has 0 unspecified atom stereocenters. The number of aryl methyl sites for hydroxylation is 1. The maximum absolute atomic E-state index is 13.8. The zero-order valence-corrected chi connectivity index (χ0v) is 10.6. The van der Waals surface area contributed by atoms with E-state index < -0.39 is 5.82 Å². The second-order valence-corrected chi connectivity index (χ2v) is 4.31. The van der Waals surface area contributed by atoms with Gasteiger partial charge in [-0.1, -0.05) is 12.2 Å². The highest BCUT2D eigenvalue weighted by atomic mass is 32.1. The van der Waals surface area contributed by atoms with Gasteiger partial charge in [0.25, 0.3) is 0 Å². The van der Waals surface area contributed by atoms with E-state index in [4.69, 9.17) is 18.0 Å². The maximum atomic E-state index is 13.8. The van der Waals surface area contributed by atoms with E-state index in [9.17, 15) is 4.39 Å². The molecule has 18 heavy (non-hydrogen) atoms. The minimum atomic E-state index is -0.402. The van der Waals surface area contributed by atoms with Gasteiger partial charge in [-0.25, -0.2) is 4.39 Å². The van der Waals surface area contributed by atoms with Crippen molar-refractivity contribution in [1.82, 2.24) is 4.98 Å². The third-order valence-electron chi connectivity index (χ3n) is 2.44. The van der Waals surface area contributed by atoms with Crippen LogP contribution in [0.5, 0.6) is 0 Å². The van der Waals surface area contributed by atoms with Gasteiger partial charge in [-0.05, 0) is 37.3 Å². The minimum absolute atomic E-state index is 0.178. The van der Waals surface area contributed by atoms with E-state index in [0.29, 0.717) is 11.3 Å². The Morgan fingerprint density at radius 1 is 1.33 bits per heavy atom. The second kappa shape index (κ2) is 5.10. The van der Waals surface area contributed by atoms with Gasteiger partial charge in [0.2, 0.25) is 0 Å². The van der Waals surface area contributed by atoms with Crippen molar-refractivity contribution in [3.63, 3.8) is 0 Å². The Hall–Kier alpha value is -2.01. The SMILES string of the molecule is Cc1ccc(Nc2ccc(C(N)=S)cc2F)cn1. The number of nitrogens with one attached hydrogen (secondary N) is 1. The van der Waals surface area contributed by atoms with Gasteiger partial charge in [0.15, 0.2) is 0 Å². The molecule has 3 nitrogen and oxygen atoms in total. The van der Waals surface area contributed by atoms with Gasteiger partial charge in [-0.2, -0.15) is 0 Å². The van der Waals surface area contributed by atoms with Crippen LogP contribution in [0.25, 0.3) is 0 Å². The summed E-state index contributed by atoms with van der Waals surface area (Å²) >= 11 is 4.79. The van der Waals surface area contributed by atoms with Crippen LogP contribution in [-0.2, 0) is 0 Å². The standard InChI is InChI=1S/C13H12FN3S/c1-8-2-4-10(7-16-8)17-12-5-3-9(13(15)18)6-11(12)14/h2-7,17H,1H3,(H2,15,18). The van der Waals surface area contributed by atoms with Crippen LogP contribution >= 0.6 is 12.2 Å². The van der Waals surface area contributed by atoms with E-state index in [2.05, 4.69) is 10.3 Å². The Balaban J connectivity index is 2.24. The fraction of sp³-hybridized carbons (Fsp3) is 0.0769. The Bertz CT molecular complexity index is 581. The number of thiocarbonyl (C=S) groups is 1. The van der Waals surface area contributed by atoms with Crippen LogP contribution in [-0.4, -0.2) is 9.97 Å². The summed E-state index contributed by atoms with van der Waals surface area (Å²) < 4.78 is 13.8. The molecule has 5 heteroatoms. The fourth-order valence-electron chi connectivity index (χ4n) is 1.47. The van der Waals surface area contributed by atoms with Gasteiger partial charge >= 0.3 is 0 Å². The first-order valence-electron chi connectivity index (χ1n) is 5.35. The second-order valence-electron chi connectivity index (χ2n) is 3.87. The van der Waals surface area contributed by atoms with Gasteiger partial charge in [-0.3, -0.25) is 4.98 Å². The highest BCUT2D eigenvalue weighted by Gasteiger charge is 2.05. The van der Waals surface area contributed by atoms with Crippen LogP contribution in [0.4, 0.5) is 15.8 Å². The van der Waals surface area contributed by atoms with Crippen LogP contribution in [0.1, 0.15) is 11.3 Å². The number of halogens is 1. The van der Waals surface area contributed by atoms with Crippen molar-refractivity contribution in [2.45, 2.75) is 6.92 Å². The number of hydrogen-bond acceptors (Lipinski definition) is 3. The fourth-order valence-corrected chi connectivity index (χ4v) is 1.59. The number of benzene rings is 1. The average Bonchev–Trinajstić information content (AvgIpc) is 2.34. The van der Waals surface area contributed by atoms with E-state index in [1.54, 1.807) is 18.3 Å². The molecule has 0 saturated heterocycles. The molecule has 0 saturated carbocycles. The third kappa shape index (κ3) is 2.81. The van der Waals surface area contributed by atoms with Crippen molar-refractivity contribution in [3.05, 3.63) is 53.6 Å². The Morgan fingerprint density at radius 2 is 2.11 bits per heavy atom. The van der Waals surface area contributed by atoms with Crippen molar-refractivity contribution in [3.8, 4) is 0 Å². The summed E-state index contributed by atoms with van der Waals surface area (Å²) in [6, 6.07) is 8.28. The van der Waals surface area contributed by atoms with E-state index in [0.717, 1.165) is 11.4 Å². The molecule has 3 N–H and O–H groups in total. The monoisotopic (exact) mass is 261 g/mol. The summed E-state index contributed by atoms with van der Waals surface area (Å²) in [4.78, 5) is 4.30. The third-order valence-corrected chi connectivity index (χ3v) is 2.68. The molecule has 92 valence electrons. The lowest BCUT2D eigenvalue weighted by molar-refractivity contribution is 0.631. The summed E-state index contributed by atoms with van der Waals surface area (Å²) in [5, 5.41) is 2.94. The highest BCUT2D eigenvalue weighted by molar-refractivity contribution is 7.80. The van der Waals surface area contributed by atoms with Crippen molar-refractivity contribution in [1.29, 1.82) is 0 Å². The van der Waals surface area contributed by atoms with Crippen molar-refractivity contribution in [2.24, 2.45) is 5.73 Å². The number of aromatic nitrogens is 1. The molecule has 0 fully saturated rings.